The number of aromatic nitrogens is 1. The van der Waals surface area contributed by atoms with Crippen LogP contribution < -0.4 is 5.32 Å². The fraction of sp³-hybridized carbons (Fsp3) is 0.294. The molecule has 0 aliphatic heterocycles. The SMILES string of the molecule is C[C@H](NC(=O)[C@@H]1C[C@H]1c1ccc(Br)cc1)c1ccccn1. The van der Waals surface area contributed by atoms with Crippen LogP contribution in [0.1, 0.15) is 36.6 Å². The summed E-state index contributed by atoms with van der Waals surface area (Å²) >= 11 is 3.43. The second kappa shape index (κ2) is 5.98. The van der Waals surface area contributed by atoms with Crippen LogP contribution in [0.3, 0.4) is 0 Å². The van der Waals surface area contributed by atoms with Gasteiger partial charge in [-0.05, 0) is 49.1 Å². The van der Waals surface area contributed by atoms with E-state index in [2.05, 4.69) is 38.4 Å². The number of nitrogens with one attached hydrogen (secondary N) is 1. The van der Waals surface area contributed by atoms with Gasteiger partial charge in [-0.25, -0.2) is 0 Å². The van der Waals surface area contributed by atoms with Crippen molar-refractivity contribution in [3.05, 3.63) is 64.4 Å². The summed E-state index contributed by atoms with van der Waals surface area (Å²) in [6.07, 6.45) is 2.68. The molecule has 1 aromatic carbocycles. The van der Waals surface area contributed by atoms with E-state index < -0.39 is 0 Å². The van der Waals surface area contributed by atoms with Gasteiger partial charge in [0.15, 0.2) is 0 Å². The monoisotopic (exact) mass is 344 g/mol. The van der Waals surface area contributed by atoms with Crippen molar-refractivity contribution >= 4 is 21.8 Å². The Morgan fingerprint density at radius 2 is 2.05 bits per heavy atom. The maximum absolute atomic E-state index is 12.3. The fourth-order valence-electron chi connectivity index (χ4n) is 2.59. The zero-order valence-electron chi connectivity index (χ0n) is 11.8. The molecule has 4 heteroatoms. The molecule has 0 saturated heterocycles. The Hall–Kier alpha value is -1.68. The van der Waals surface area contributed by atoms with Gasteiger partial charge >= 0.3 is 0 Å². The number of pyridine rings is 1. The number of carbonyl (C=O) groups excluding carboxylic acids is 1. The van der Waals surface area contributed by atoms with E-state index in [-0.39, 0.29) is 17.9 Å². The van der Waals surface area contributed by atoms with Crippen LogP contribution in [0.2, 0.25) is 0 Å². The number of halogens is 1. The van der Waals surface area contributed by atoms with Crippen molar-refractivity contribution in [2.24, 2.45) is 5.92 Å². The molecule has 3 nitrogen and oxygen atoms in total. The Kier molecular flexibility index (Phi) is 4.06. The summed E-state index contributed by atoms with van der Waals surface area (Å²) in [6, 6.07) is 13.9. The van der Waals surface area contributed by atoms with Crippen molar-refractivity contribution in [3.63, 3.8) is 0 Å². The maximum atomic E-state index is 12.3. The lowest BCUT2D eigenvalue weighted by Gasteiger charge is -2.13. The number of rotatable bonds is 4. The Balaban J connectivity index is 1.59. The first kappa shape index (κ1) is 14.3. The first-order valence-corrected chi connectivity index (χ1v) is 7.91. The van der Waals surface area contributed by atoms with E-state index in [4.69, 9.17) is 0 Å². The number of hydrogen-bond donors (Lipinski definition) is 1. The standard InChI is InChI=1S/C17H17BrN2O/c1-11(16-4-2-3-9-19-16)20-17(21)15-10-14(15)12-5-7-13(18)8-6-12/h2-9,11,14-15H,10H2,1H3,(H,20,21)/t11-,14-,15+/m0/s1. The molecule has 3 rings (SSSR count). The summed E-state index contributed by atoms with van der Waals surface area (Å²) in [5.41, 5.74) is 2.13. The van der Waals surface area contributed by atoms with Gasteiger partial charge in [-0.2, -0.15) is 0 Å². The number of hydrogen-bond acceptors (Lipinski definition) is 2. The normalized spacial score (nSPS) is 21.6. The zero-order chi connectivity index (χ0) is 14.8. The van der Waals surface area contributed by atoms with Crippen molar-refractivity contribution < 1.29 is 4.79 Å². The molecular formula is C17H17BrN2O. The molecule has 1 fully saturated rings. The van der Waals surface area contributed by atoms with E-state index in [1.165, 1.54) is 5.56 Å². The summed E-state index contributed by atoms with van der Waals surface area (Å²) in [6.45, 7) is 1.97. The molecule has 0 unspecified atom stereocenters. The predicted molar refractivity (Wildman–Crippen MR) is 85.8 cm³/mol. The molecule has 1 aromatic heterocycles. The molecule has 0 spiro atoms. The van der Waals surface area contributed by atoms with Crippen molar-refractivity contribution in [1.29, 1.82) is 0 Å². The molecule has 2 aromatic rings. The molecule has 1 aliphatic rings. The molecule has 3 atom stereocenters. The van der Waals surface area contributed by atoms with E-state index in [0.717, 1.165) is 16.6 Å². The minimum Gasteiger partial charge on any atom is -0.348 e. The van der Waals surface area contributed by atoms with Crippen molar-refractivity contribution in [1.82, 2.24) is 10.3 Å². The average molecular weight is 345 g/mol. The third kappa shape index (κ3) is 3.32. The molecule has 0 bridgehead atoms. The fourth-order valence-corrected chi connectivity index (χ4v) is 2.85. The van der Waals surface area contributed by atoms with E-state index >= 15 is 0 Å². The van der Waals surface area contributed by atoms with Gasteiger partial charge in [0.1, 0.15) is 0 Å². The van der Waals surface area contributed by atoms with Crippen LogP contribution in [0.25, 0.3) is 0 Å². The summed E-state index contributed by atoms with van der Waals surface area (Å²) in [5.74, 6) is 0.576. The van der Waals surface area contributed by atoms with Crippen LogP contribution in [-0.4, -0.2) is 10.9 Å². The Morgan fingerprint density at radius 1 is 1.29 bits per heavy atom. The van der Waals surface area contributed by atoms with E-state index in [1.54, 1.807) is 6.20 Å². The number of benzene rings is 1. The summed E-state index contributed by atoms with van der Waals surface area (Å²) in [5, 5.41) is 3.06. The van der Waals surface area contributed by atoms with Crippen molar-refractivity contribution in [3.8, 4) is 0 Å². The third-order valence-electron chi connectivity index (χ3n) is 3.92. The Labute approximate surface area is 132 Å². The molecular weight excluding hydrogens is 328 g/mol. The van der Waals surface area contributed by atoms with Gasteiger partial charge in [-0.15, -0.1) is 0 Å². The van der Waals surface area contributed by atoms with Gasteiger partial charge in [0, 0.05) is 16.6 Å². The largest absolute Gasteiger partial charge is 0.348 e. The molecule has 108 valence electrons. The predicted octanol–water partition coefficient (Wildman–Crippen LogP) is 3.83. The molecule has 1 amide bonds. The highest BCUT2D eigenvalue weighted by molar-refractivity contribution is 9.10. The lowest BCUT2D eigenvalue weighted by Crippen LogP contribution is -2.28. The van der Waals surface area contributed by atoms with E-state index in [9.17, 15) is 4.79 Å². The molecule has 0 radical (unpaired) electrons. The highest BCUT2D eigenvalue weighted by Gasteiger charge is 2.44. The third-order valence-corrected chi connectivity index (χ3v) is 4.44. The first-order chi connectivity index (χ1) is 10.1. The maximum Gasteiger partial charge on any atom is 0.224 e. The smallest absolute Gasteiger partial charge is 0.224 e. The lowest BCUT2D eigenvalue weighted by atomic mass is 10.1. The topological polar surface area (TPSA) is 42.0 Å². The van der Waals surface area contributed by atoms with Gasteiger partial charge in [0.25, 0.3) is 0 Å². The molecule has 1 N–H and O–H groups in total. The molecule has 1 saturated carbocycles. The summed E-state index contributed by atoms with van der Waals surface area (Å²) < 4.78 is 1.07. The van der Waals surface area contributed by atoms with Crippen LogP contribution in [0.15, 0.2) is 53.1 Å². The van der Waals surface area contributed by atoms with E-state index in [1.807, 2.05) is 37.3 Å². The highest BCUT2D eigenvalue weighted by atomic mass is 79.9. The molecule has 1 heterocycles. The van der Waals surface area contributed by atoms with Crippen molar-refractivity contribution in [2.45, 2.75) is 25.3 Å². The van der Waals surface area contributed by atoms with Gasteiger partial charge in [-0.1, -0.05) is 34.1 Å². The van der Waals surface area contributed by atoms with Gasteiger partial charge in [-0.3, -0.25) is 9.78 Å². The van der Waals surface area contributed by atoms with Crippen molar-refractivity contribution in [2.75, 3.05) is 0 Å². The highest BCUT2D eigenvalue weighted by Crippen LogP contribution is 2.47. The lowest BCUT2D eigenvalue weighted by molar-refractivity contribution is -0.123. The molecule has 21 heavy (non-hydrogen) atoms. The summed E-state index contributed by atoms with van der Waals surface area (Å²) in [7, 11) is 0. The minimum atomic E-state index is -0.0510. The quantitative estimate of drug-likeness (QED) is 0.915. The zero-order valence-corrected chi connectivity index (χ0v) is 13.4. The Bertz CT molecular complexity index is 627. The Morgan fingerprint density at radius 3 is 2.71 bits per heavy atom. The average Bonchev–Trinajstić information content (AvgIpc) is 3.29. The second-order valence-electron chi connectivity index (χ2n) is 5.49. The van der Waals surface area contributed by atoms with Crippen LogP contribution in [0.4, 0.5) is 0 Å². The molecule has 1 aliphatic carbocycles. The van der Waals surface area contributed by atoms with E-state index in [0.29, 0.717) is 5.92 Å². The summed E-state index contributed by atoms with van der Waals surface area (Å²) in [4.78, 5) is 16.6. The van der Waals surface area contributed by atoms with Gasteiger partial charge in [0.05, 0.1) is 11.7 Å². The van der Waals surface area contributed by atoms with Gasteiger partial charge in [0.2, 0.25) is 5.91 Å². The number of nitrogens with zero attached hydrogens (tertiary/aromatic N) is 1. The number of amides is 1. The minimum absolute atomic E-state index is 0.0510. The van der Waals surface area contributed by atoms with Crippen LogP contribution in [0, 0.1) is 5.92 Å². The first-order valence-electron chi connectivity index (χ1n) is 7.12. The van der Waals surface area contributed by atoms with Crippen LogP contribution >= 0.6 is 15.9 Å². The van der Waals surface area contributed by atoms with Gasteiger partial charge < -0.3 is 5.32 Å². The van der Waals surface area contributed by atoms with Crippen LogP contribution in [0.5, 0.6) is 0 Å². The second-order valence-corrected chi connectivity index (χ2v) is 6.40. The number of carbonyl (C=O) groups is 1. The van der Waals surface area contributed by atoms with Crippen LogP contribution in [-0.2, 0) is 4.79 Å².